The molecule has 1 heterocycles. The van der Waals surface area contributed by atoms with Crippen molar-refractivity contribution in [1.29, 1.82) is 0 Å². The second-order valence-electron chi connectivity index (χ2n) is 2.48. The fourth-order valence-corrected chi connectivity index (χ4v) is 2.91. The molecule has 0 spiro atoms. The Morgan fingerprint density at radius 3 is 2.60 bits per heavy atom. The van der Waals surface area contributed by atoms with Crippen molar-refractivity contribution in [3.8, 4) is 0 Å². The zero-order valence-corrected chi connectivity index (χ0v) is 9.26. The highest BCUT2D eigenvalue weighted by atomic mass is 32.2. The quantitative estimate of drug-likeness (QED) is 0.756. The normalized spacial score (nSPS) is 18.2. The maximum absolute atomic E-state index is 11.4. The number of carboxylic acids is 1. The number of carbonyl (C=O) groups excluding carboxylic acids is 1. The van der Waals surface area contributed by atoms with Crippen LogP contribution in [0.5, 0.6) is 0 Å². The lowest BCUT2D eigenvalue weighted by molar-refractivity contribution is -0.132. The Bertz CT molecular complexity index is 474. The first-order chi connectivity index (χ1) is 6.90. The van der Waals surface area contributed by atoms with Gasteiger partial charge in [-0.3, -0.25) is 4.79 Å². The number of sulfonamides is 1. The van der Waals surface area contributed by atoms with Gasteiger partial charge >= 0.3 is 5.97 Å². The molecule has 0 atom stereocenters. The Balaban J connectivity index is 3.27. The van der Waals surface area contributed by atoms with E-state index in [0.717, 1.165) is 11.8 Å². The summed E-state index contributed by atoms with van der Waals surface area (Å²) in [4.78, 5) is 21.3. The van der Waals surface area contributed by atoms with Crippen LogP contribution in [0.2, 0.25) is 0 Å². The van der Waals surface area contributed by atoms with Gasteiger partial charge in [-0.2, -0.15) is 12.8 Å². The zero-order chi connectivity index (χ0) is 11.6. The molecule has 0 radical (unpaired) electrons. The third-order valence-corrected chi connectivity index (χ3v) is 3.70. The van der Waals surface area contributed by atoms with Gasteiger partial charge < -0.3 is 5.11 Å². The molecule has 0 aromatic rings. The molecule has 82 valence electrons. The number of carboxylic acid groups (broad SMARTS) is 1. The predicted octanol–water partition coefficient (Wildman–Crippen LogP) is 0.0190. The summed E-state index contributed by atoms with van der Waals surface area (Å²) in [7, 11) is -4.10. The number of carbonyl (C=O) groups is 2. The van der Waals surface area contributed by atoms with E-state index in [9.17, 15) is 18.0 Å². The van der Waals surface area contributed by atoms with Crippen LogP contribution in [0.4, 0.5) is 0 Å². The van der Waals surface area contributed by atoms with Crippen LogP contribution in [-0.4, -0.2) is 36.6 Å². The average molecular weight is 249 g/mol. The fraction of sp³-hybridized carbons (Fsp3) is 0.286. The molecule has 0 fully saturated rings. The summed E-state index contributed by atoms with van der Waals surface area (Å²) in [5.41, 5.74) is -0.569. The lowest BCUT2D eigenvalue weighted by atomic mass is 10.3. The second-order valence-corrected chi connectivity index (χ2v) is 5.28. The average Bonchev–Trinajstić information content (AvgIpc) is 2.41. The minimum atomic E-state index is -4.10. The summed E-state index contributed by atoms with van der Waals surface area (Å²) in [6, 6.07) is 0. The number of thioether (sulfide) groups is 1. The van der Waals surface area contributed by atoms with Crippen LogP contribution in [0.1, 0.15) is 6.92 Å². The third-order valence-electron chi connectivity index (χ3n) is 1.51. The smallest absolute Gasteiger partial charge is 0.338 e. The van der Waals surface area contributed by atoms with Crippen LogP contribution in [0.15, 0.2) is 14.9 Å². The molecule has 0 aromatic carbocycles. The number of rotatable bonds is 3. The number of hydrogen-bond acceptors (Lipinski definition) is 5. The van der Waals surface area contributed by atoms with Crippen LogP contribution in [0.3, 0.4) is 0 Å². The van der Waals surface area contributed by atoms with E-state index in [4.69, 9.17) is 5.11 Å². The van der Waals surface area contributed by atoms with Crippen molar-refractivity contribution in [3.63, 3.8) is 0 Å². The van der Waals surface area contributed by atoms with E-state index in [0.29, 0.717) is 12.0 Å². The Kier molecular flexibility index (Phi) is 3.30. The first kappa shape index (κ1) is 11.9. The molecular formula is C7H7NO5S2. The van der Waals surface area contributed by atoms with Crippen LogP contribution in [-0.2, 0) is 19.6 Å². The molecule has 15 heavy (non-hydrogen) atoms. The molecule has 6 nitrogen and oxygen atoms in total. The van der Waals surface area contributed by atoms with Crippen molar-refractivity contribution in [3.05, 3.63) is 10.5 Å². The Morgan fingerprint density at radius 1 is 1.53 bits per heavy atom. The molecule has 0 unspecified atom stereocenters. The van der Waals surface area contributed by atoms with Gasteiger partial charge in [0.05, 0.1) is 6.21 Å². The van der Waals surface area contributed by atoms with Gasteiger partial charge in [-0.15, -0.1) is 0 Å². The Morgan fingerprint density at radius 2 is 2.13 bits per heavy atom. The van der Waals surface area contributed by atoms with Gasteiger partial charge in [-0.05, 0) is 5.75 Å². The number of aliphatic carboxylic acids is 1. The summed E-state index contributed by atoms with van der Waals surface area (Å²) >= 11 is 0.733. The summed E-state index contributed by atoms with van der Waals surface area (Å²) in [5, 5.41) is 7.87. The SMILES string of the molecule is CCSC(=O)C1=C(C(=O)O)C=NS1(=O)=O. The van der Waals surface area contributed by atoms with Crippen molar-refractivity contribution < 1.29 is 23.1 Å². The molecule has 0 amide bonds. The highest BCUT2D eigenvalue weighted by Gasteiger charge is 2.35. The maximum atomic E-state index is 11.4. The van der Waals surface area contributed by atoms with E-state index in [1.807, 2.05) is 0 Å². The summed E-state index contributed by atoms with van der Waals surface area (Å²) in [6.45, 7) is 1.66. The van der Waals surface area contributed by atoms with Crippen molar-refractivity contribution in [2.45, 2.75) is 6.92 Å². The van der Waals surface area contributed by atoms with Gasteiger partial charge in [-0.1, -0.05) is 18.7 Å². The summed E-state index contributed by atoms with van der Waals surface area (Å²) in [6.07, 6.45) is 0.682. The highest BCUT2D eigenvalue weighted by Crippen LogP contribution is 2.25. The van der Waals surface area contributed by atoms with Gasteiger partial charge in [-0.25, -0.2) is 4.79 Å². The Hall–Kier alpha value is -1.15. The van der Waals surface area contributed by atoms with Gasteiger partial charge in [0.1, 0.15) is 5.57 Å². The van der Waals surface area contributed by atoms with E-state index in [-0.39, 0.29) is 0 Å². The van der Waals surface area contributed by atoms with E-state index >= 15 is 0 Å². The summed E-state index contributed by atoms with van der Waals surface area (Å²) in [5.74, 6) is -1.11. The van der Waals surface area contributed by atoms with Crippen molar-refractivity contribution in [2.75, 3.05) is 5.75 Å². The van der Waals surface area contributed by atoms with E-state index < -0.39 is 31.6 Å². The zero-order valence-electron chi connectivity index (χ0n) is 7.63. The molecule has 1 aliphatic rings. The first-order valence-electron chi connectivity index (χ1n) is 3.85. The molecule has 0 saturated heterocycles. The molecule has 8 heteroatoms. The standard InChI is InChI=1S/C7H7NO5S2/c1-2-14-7(11)5-4(6(9)10)3-8-15(5,12)13/h3H,2H2,1H3,(H,9,10). The van der Waals surface area contributed by atoms with Gasteiger partial charge in [0, 0.05) is 0 Å². The topological polar surface area (TPSA) is 101 Å². The van der Waals surface area contributed by atoms with Gasteiger partial charge in [0.25, 0.3) is 10.0 Å². The van der Waals surface area contributed by atoms with E-state index in [1.165, 1.54) is 0 Å². The van der Waals surface area contributed by atoms with Crippen LogP contribution in [0.25, 0.3) is 0 Å². The van der Waals surface area contributed by atoms with Crippen molar-refractivity contribution in [1.82, 2.24) is 0 Å². The van der Waals surface area contributed by atoms with Crippen LogP contribution >= 0.6 is 11.8 Å². The molecule has 1 rings (SSSR count). The summed E-state index contributed by atoms with van der Waals surface area (Å²) < 4.78 is 25.5. The molecule has 0 aromatic heterocycles. The second kappa shape index (κ2) is 4.15. The minimum absolute atomic E-state index is 0.366. The molecule has 0 aliphatic carbocycles. The van der Waals surface area contributed by atoms with Crippen molar-refractivity contribution >= 4 is 39.1 Å². The number of hydrogen-bond donors (Lipinski definition) is 1. The van der Waals surface area contributed by atoms with Crippen LogP contribution in [0, 0.1) is 0 Å². The molecule has 0 bridgehead atoms. The predicted molar refractivity (Wildman–Crippen MR) is 55.2 cm³/mol. The van der Waals surface area contributed by atoms with E-state index in [2.05, 4.69) is 4.40 Å². The van der Waals surface area contributed by atoms with Crippen molar-refractivity contribution in [2.24, 2.45) is 4.40 Å². The van der Waals surface area contributed by atoms with E-state index in [1.54, 1.807) is 6.92 Å². The Labute approximate surface area is 90.1 Å². The minimum Gasteiger partial charge on any atom is -0.478 e. The van der Waals surface area contributed by atoms with Gasteiger partial charge in [0.2, 0.25) is 5.12 Å². The monoisotopic (exact) mass is 249 g/mol. The largest absolute Gasteiger partial charge is 0.478 e. The van der Waals surface area contributed by atoms with Crippen LogP contribution < -0.4 is 0 Å². The fourth-order valence-electron chi connectivity index (χ4n) is 0.937. The molecule has 1 N–H and O–H groups in total. The lowest BCUT2D eigenvalue weighted by Gasteiger charge is -1.99. The first-order valence-corrected chi connectivity index (χ1v) is 6.27. The molecular weight excluding hydrogens is 242 g/mol. The highest BCUT2D eigenvalue weighted by molar-refractivity contribution is 8.16. The number of nitrogens with zero attached hydrogens (tertiary/aromatic N) is 1. The lowest BCUT2D eigenvalue weighted by Crippen LogP contribution is -2.12. The third kappa shape index (κ3) is 2.26. The van der Waals surface area contributed by atoms with Gasteiger partial charge in [0.15, 0.2) is 4.91 Å². The molecule has 0 saturated carbocycles. The molecule has 1 aliphatic heterocycles. The maximum Gasteiger partial charge on any atom is 0.338 e.